The molecule has 0 aliphatic heterocycles. The van der Waals surface area contributed by atoms with Gasteiger partial charge in [0, 0.05) is 5.39 Å². The van der Waals surface area contributed by atoms with E-state index in [-0.39, 0.29) is 11.3 Å². The molecule has 0 radical (unpaired) electrons. The molecule has 0 unspecified atom stereocenters. The number of aromatic nitrogens is 1. The number of methoxy groups -OCH3 is 1. The van der Waals surface area contributed by atoms with Crippen LogP contribution in [-0.4, -0.2) is 27.9 Å². The van der Waals surface area contributed by atoms with Crippen LogP contribution in [0.25, 0.3) is 16.6 Å². The number of benzene rings is 2. The molecule has 2 N–H and O–H groups in total. The number of para-hydroxylation sites is 1. The Kier molecular flexibility index (Phi) is 3.02. The predicted molar refractivity (Wildman–Crippen MR) is 78.5 cm³/mol. The second-order valence-corrected chi connectivity index (χ2v) is 4.59. The van der Waals surface area contributed by atoms with Crippen LogP contribution in [0, 0.1) is 0 Å². The monoisotopic (exact) mass is 283 g/mol. The van der Waals surface area contributed by atoms with Crippen molar-refractivity contribution in [1.29, 1.82) is 0 Å². The Morgan fingerprint density at radius 3 is 2.67 bits per heavy atom. The molecule has 0 amide bonds. The first-order valence-corrected chi connectivity index (χ1v) is 6.32. The molecule has 0 saturated heterocycles. The molecule has 2 aromatic carbocycles. The molecule has 0 fully saturated rings. The van der Waals surface area contributed by atoms with Gasteiger partial charge in [0.15, 0.2) is 0 Å². The summed E-state index contributed by atoms with van der Waals surface area (Å²) in [5.74, 6) is -0.353. The normalized spacial score (nSPS) is 10.7. The number of hydrogen-bond donors (Lipinski definition) is 2. The van der Waals surface area contributed by atoms with Crippen molar-refractivity contribution in [2.24, 2.45) is 0 Å². The Morgan fingerprint density at radius 1 is 1.19 bits per heavy atom. The Balaban J connectivity index is 2.31. The van der Waals surface area contributed by atoms with Crippen LogP contribution in [0.2, 0.25) is 0 Å². The van der Waals surface area contributed by atoms with E-state index < -0.39 is 5.97 Å². The van der Waals surface area contributed by atoms with Gasteiger partial charge in [-0.1, -0.05) is 12.1 Å². The highest BCUT2D eigenvalue weighted by molar-refractivity contribution is 5.91. The molecular formula is C16H13NO4. The minimum atomic E-state index is -1.01. The minimum Gasteiger partial charge on any atom is -0.506 e. The topological polar surface area (TPSA) is 71.7 Å². The molecule has 1 heterocycles. The van der Waals surface area contributed by atoms with Crippen molar-refractivity contribution in [2.75, 3.05) is 7.11 Å². The minimum absolute atomic E-state index is 0.133. The van der Waals surface area contributed by atoms with Crippen LogP contribution >= 0.6 is 0 Å². The van der Waals surface area contributed by atoms with Crippen LogP contribution < -0.4 is 4.74 Å². The van der Waals surface area contributed by atoms with Crippen molar-refractivity contribution < 1.29 is 19.7 Å². The zero-order valence-electron chi connectivity index (χ0n) is 11.3. The molecule has 5 heteroatoms. The quantitative estimate of drug-likeness (QED) is 0.775. The summed E-state index contributed by atoms with van der Waals surface area (Å²) in [6.45, 7) is 0. The van der Waals surface area contributed by atoms with Gasteiger partial charge in [-0.05, 0) is 30.3 Å². The molecule has 21 heavy (non-hydrogen) atoms. The van der Waals surface area contributed by atoms with Crippen LogP contribution in [0.15, 0.2) is 48.7 Å². The number of aromatic hydroxyl groups is 1. The van der Waals surface area contributed by atoms with Gasteiger partial charge in [0.05, 0.1) is 30.1 Å². The van der Waals surface area contributed by atoms with Crippen LogP contribution in [0.5, 0.6) is 11.5 Å². The largest absolute Gasteiger partial charge is 0.506 e. The Bertz CT molecular complexity index is 835. The summed E-state index contributed by atoms with van der Waals surface area (Å²) >= 11 is 0. The second kappa shape index (κ2) is 4.86. The summed E-state index contributed by atoms with van der Waals surface area (Å²) in [5, 5.41) is 19.9. The van der Waals surface area contributed by atoms with Gasteiger partial charge in [0.1, 0.15) is 11.5 Å². The highest BCUT2D eigenvalue weighted by atomic mass is 16.5. The van der Waals surface area contributed by atoms with Crippen LogP contribution in [-0.2, 0) is 0 Å². The van der Waals surface area contributed by atoms with Gasteiger partial charge in [-0.25, -0.2) is 4.79 Å². The molecule has 0 atom stereocenters. The standard InChI is InChI=1S/C16H13NO4/c1-21-15-7-6-10(16(19)20)8-13(15)17-9-14(18)11-4-2-3-5-12(11)17/h2-9,18H,1H3,(H,19,20). The fraction of sp³-hybridized carbons (Fsp3) is 0.0625. The lowest BCUT2D eigenvalue weighted by Crippen LogP contribution is -2.02. The van der Waals surface area contributed by atoms with Crippen molar-refractivity contribution in [3.05, 3.63) is 54.2 Å². The van der Waals surface area contributed by atoms with Gasteiger partial charge in [0.2, 0.25) is 0 Å². The van der Waals surface area contributed by atoms with E-state index in [1.165, 1.54) is 19.2 Å². The molecule has 0 spiro atoms. The predicted octanol–water partition coefficient (Wildman–Crippen LogP) is 3.04. The number of aromatic carboxylic acids is 1. The maximum atomic E-state index is 11.2. The molecule has 3 rings (SSSR count). The lowest BCUT2D eigenvalue weighted by atomic mass is 10.2. The fourth-order valence-corrected chi connectivity index (χ4v) is 2.37. The van der Waals surface area contributed by atoms with Gasteiger partial charge >= 0.3 is 5.97 Å². The second-order valence-electron chi connectivity index (χ2n) is 4.59. The van der Waals surface area contributed by atoms with Crippen molar-refractivity contribution >= 4 is 16.9 Å². The Morgan fingerprint density at radius 2 is 1.95 bits per heavy atom. The summed E-state index contributed by atoms with van der Waals surface area (Å²) in [5.41, 5.74) is 1.49. The van der Waals surface area contributed by atoms with E-state index in [1.807, 2.05) is 18.2 Å². The van der Waals surface area contributed by atoms with Gasteiger partial charge in [-0.15, -0.1) is 0 Å². The van der Waals surface area contributed by atoms with E-state index in [0.29, 0.717) is 16.8 Å². The van der Waals surface area contributed by atoms with E-state index in [0.717, 1.165) is 5.52 Å². The zero-order chi connectivity index (χ0) is 15.0. The average Bonchev–Trinajstić information content (AvgIpc) is 2.84. The van der Waals surface area contributed by atoms with Crippen LogP contribution in [0.1, 0.15) is 10.4 Å². The molecule has 0 aliphatic rings. The van der Waals surface area contributed by atoms with Crippen molar-refractivity contribution in [3.63, 3.8) is 0 Å². The lowest BCUT2D eigenvalue weighted by Gasteiger charge is -2.11. The first-order valence-electron chi connectivity index (χ1n) is 6.32. The number of carbonyl (C=O) groups is 1. The molecule has 5 nitrogen and oxygen atoms in total. The third kappa shape index (κ3) is 2.08. The van der Waals surface area contributed by atoms with Crippen molar-refractivity contribution in [1.82, 2.24) is 4.57 Å². The van der Waals surface area contributed by atoms with Gasteiger partial charge in [0.25, 0.3) is 0 Å². The number of ether oxygens (including phenoxy) is 1. The molecule has 106 valence electrons. The molecule has 3 aromatic rings. The number of fused-ring (bicyclic) bond motifs is 1. The molecule has 0 bridgehead atoms. The first-order chi connectivity index (χ1) is 10.1. The number of hydrogen-bond acceptors (Lipinski definition) is 3. The van der Waals surface area contributed by atoms with Crippen molar-refractivity contribution in [3.8, 4) is 17.2 Å². The third-order valence-electron chi connectivity index (χ3n) is 3.38. The SMILES string of the molecule is COc1ccc(C(=O)O)cc1-n1cc(O)c2ccccc21. The van der Waals surface area contributed by atoms with E-state index in [2.05, 4.69) is 0 Å². The highest BCUT2D eigenvalue weighted by Gasteiger charge is 2.14. The maximum absolute atomic E-state index is 11.2. The lowest BCUT2D eigenvalue weighted by molar-refractivity contribution is 0.0697. The molecule has 1 aromatic heterocycles. The van der Waals surface area contributed by atoms with E-state index in [4.69, 9.17) is 9.84 Å². The maximum Gasteiger partial charge on any atom is 0.335 e. The first kappa shape index (κ1) is 13.1. The zero-order valence-corrected chi connectivity index (χ0v) is 11.3. The summed E-state index contributed by atoms with van der Waals surface area (Å²) < 4.78 is 7.02. The Labute approximate surface area is 120 Å². The smallest absolute Gasteiger partial charge is 0.335 e. The summed E-state index contributed by atoms with van der Waals surface area (Å²) in [7, 11) is 1.52. The van der Waals surface area contributed by atoms with Crippen molar-refractivity contribution in [2.45, 2.75) is 0 Å². The number of carboxylic acid groups (broad SMARTS) is 1. The number of rotatable bonds is 3. The van der Waals surface area contributed by atoms with E-state index in [1.54, 1.807) is 22.9 Å². The fourth-order valence-electron chi connectivity index (χ4n) is 2.37. The van der Waals surface area contributed by atoms with Gasteiger partial charge < -0.3 is 19.5 Å². The number of nitrogens with zero attached hydrogens (tertiary/aromatic N) is 1. The number of carboxylic acids is 1. The van der Waals surface area contributed by atoms with E-state index >= 15 is 0 Å². The Hall–Kier alpha value is -2.95. The third-order valence-corrected chi connectivity index (χ3v) is 3.38. The molecule has 0 aliphatic carbocycles. The average molecular weight is 283 g/mol. The van der Waals surface area contributed by atoms with Gasteiger partial charge in [-0.3, -0.25) is 0 Å². The molecule has 0 saturated carbocycles. The van der Waals surface area contributed by atoms with Crippen LogP contribution in [0.3, 0.4) is 0 Å². The highest BCUT2D eigenvalue weighted by Crippen LogP contribution is 2.33. The van der Waals surface area contributed by atoms with E-state index in [9.17, 15) is 9.90 Å². The van der Waals surface area contributed by atoms with Gasteiger partial charge in [-0.2, -0.15) is 0 Å². The summed E-state index contributed by atoms with van der Waals surface area (Å²) in [4.78, 5) is 11.2. The molecular weight excluding hydrogens is 270 g/mol. The summed E-state index contributed by atoms with van der Waals surface area (Å²) in [6.07, 6.45) is 1.55. The van der Waals surface area contributed by atoms with Crippen LogP contribution in [0.4, 0.5) is 0 Å². The summed E-state index contributed by atoms with van der Waals surface area (Å²) in [6, 6.07) is 11.9.